The first-order valence-corrected chi connectivity index (χ1v) is 7.23. The molecule has 6 nitrogen and oxygen atoms in total. The molecule has 3 atom stereocenters. The van der Waals surface area contributed by atoms with Crippen molar-refractivity contribution in [1.82, 2.24) is 5.32 Å². The summed E-state index contributed by atoms with van der Waals surface area (Å²) in [5.74, 6) is -3.19. The van der Waals surface area contributed by atoms with Crippen LogP contribution in [0.2, 0.25) is 0 Å². The van der Waals surface area contributed by atoms with Crippen LogP contribution in [0.5, 0.6) is 0 Å². The summed E-state index contributed by atoms with van der Waals surface area (Å²) in [5.41, 5.74) is -1.17. The van der Waals surface area contributed by atoms with E-state index in [1.54, 1.807) is 31.2 Å². The van der Waals surface area contributed by atoms with Crippen LogP contribution in [-0.4, -0.2) is 27.7 Å². The number of carboxylic acid groups (broad SMARTS) is 2. The first-order chi connectivity index (χ1) is 10.8. The predicted octanol–water partition coefficient (Wildman–Crippen LogP) is 1.64. The van der Waals surface area contributed by atoms with E-state index in [9.17, 15) is 25.1 Å². The van der Waals surface area contributed by atoms with Crippen molar-refractivity contribution in [2.45, 2.75) is 31.7 Å². The zero-order valence-electron chi connectivity index (χ0n) is 12.8. The number of nitrogens with one attached hydrogen (secondary N) is 1. The molecule has 1 aromatic rings. The minimum absolute atomic E-state index is 0.0186. The average molecular weight is 312 g/mol. The monoisotopic (exact) mass is 312 g/mol. The summed E-state index contributed by atoms with van der Waals surface area (Å²) in [6, 6.07) is 9.18. The van der Waals surface area contributed by atoms with E-state index >= 15 is 0 Å². The number of nitrogens with zero attached hydrogens (tertiary/aromatic N) is 1. The number of hydrogen-bond acceptors (Lipinski definition) is 4. The van der Waals surface area contributed by atoms with Crippen molar-refractivity contribution in [3.63, 3.8) is 0 Å². The molecule has 1 aliphatic heterocycles. The maximum absolute atomic E-state index is 12.3. The van der Waals surface area contributed by atoms with Crippen molar-refractivity contribution in [3.8, 4) is 6.07 Å². The van der Waals surface area contributed by atoms with Gasteiger partial charge in [-0.15, -0.1) is 0 Å². The quantitative estimate of drug-likeness (QED) is 0.765. The number of rotatable bonds is 2. The van der Waals surface area contributed by atoms with E-state index in [0.29, 0.717) is 11.3 Å². The van der Waals surface area contributed by atoms with Crippen LogP contribution >= 0.6 is 0 Å². The molecule has 0 radical (unpaired) electrons. The van der Waals surface area contributed by atoms with E-state index in [4.69, 9.17) is 0 Å². The zero-order chi connectivity index (χ0) is 17.0. The SMILES string of the molecule is CC1=C(C(=O)O)C2c3ccccc3CC2(C(=O)O)C(C)(C#N)N1. The van der Waals surface area contributed by atoms with E-state index in [2.05, 4.69) is 11.4 Å². The first-order valence-electron chi connectivity index (χ1n) is 7.23. The molecule has 0 amide bonds. The zero-order valence-corrected chi connectivity index (χ0v) is 12.8. The molecule has 23 heavy (non-hydrogen) atoms. The van der Waals surface area contributed by atoms with E-state index in [1.165, 1.54) is 6.92 Å². The summed E-state index contributed by atoms with van der Waals surface area (Å²) in [4.78, 5) is 24.1. The van der Waals surface area contributed by atoms with Gasteiger partial charge < -0.3 is 15.5 Å². The summed E-state index contributed by atoms with van der Waals surface area (Å²) < 4.78 is 0. The molecule has 2 aliphatic rings. The van der Waals surface area contributed by atoms with Gasteiger partial charge >= 0.3 is 11.9 Å². The van der Waals surface area contributed by atoms with Gasteiger partial charge in [0.25, 0.3) is 0 Å². The molecular weight excluding hydrogens is 296 g/mol. The van der Waals surface area contributed by atoms with Crippen LogP contribution in [0.4, 0.5) is 0 Å². The third-order valence-corrected chi connectivity index (χ3v) is 5.19. The molecular formula is C17H16N2O4. The second-order valence-corrected chi connectivity index (χ2v) is 6.29. The van der Waals surface area contributed by atoms with Crippen molar-refractivity contribution in [1.29, 1.82) is 5.26 Å². The Morgan fingerprint density at radius 3 is 2.57 bits per heavy atom. The van der Waals surface area contributed by atoms with E-state index < -0.39 is 28.8 Å². The number of benzene rings is 1. The lowest BCUT2D eigenvalue weighted by molar-refractivity contribution is -0.154. The molecule has 118 valence electrons. The summed E-state index contributed by atoms with van der Waals surface area (Å²) in [7, 11) is 0. The Bertz CT molecular complexity index is 807. The number of allylic oxidation sites excluding steroid dienone is 1. The largest absolute Gasteiger partial charge is 0.481 e. The van der Waals surface area contributed by atoms with Crippen molar-refractivity contribution < 1.29 is 19.8 Å². The molecule has 0 saturated carbocycles. The first kappa shape index (κ1) is 15.1. The number of carbonyl (C=O) groups is 2. The van der Waals surface area contributed by atoms with Crippen molar-refractivity contribution in [3.05, 3.63) is 46.7 Å². The van der Waals surface area contributed by atoms with Gasteiger partial charge in [0.2, 0.25) is 0 Å². The summed E-state index contributed by atoms with van der Waals surface area (Å²) >= 11 is 0. The molecule has 0 fully saturated rings. The Kier molecular flexibility index (Phi) is 3.01. The van der Waals surface area contributed by atoms with Crippen LogP contribution in [0.15, 0.2) is 35.5 Å². The highest BCUT2D eigenvalue weighted by Crippen LogP contribution is 2.59. The second-order valence-electron chi connectivity index (χ2n) is 6.29. The Morgan fingerprint density at radius 1 is 1.35 bits per heavy atom. The van der Waals surface area contributed by atoms with Crippen LogP contribution < -0.4 is 5.32 Å². The number of nitriles is 1. The summed E-state index contributed by atoms with van der Waals surface area (Å²) in [6.07, 6.45) is 0.115. The standard InChI is InChI=1S/C17H16N2O4/c1-9-12(14(20)21)13-11-6-4-3-5-10(11)7-17(13,15(22)23)16(2,8-18)19-9/h3-6,13,19H,7H2,1-2H3,(H,20,21)(H,22,23). The van der Waals surface area contributed by atoms with Crippen LogP contribution in [0.1, 0.15) is 30.9 Å². The highest BCUT2D eigenvalue weighted by Gasteiger charge is 2.67. The molecule has 3 N–H and O–H groups in total. The second kappa shape index (κ2) is 4.59. The maximum Gasteiger partial charge on any atom is 0.333 e. The maximum atomic E-state index is 12.3. The molecule has 6 heteroatoms. The summed E-state index contributed by atoms with van der Waals surface area (Å²) in [6.45, 7) is 3.11. The third kappa shape index (κ3) is 1.67. The van der Waals surface area contributed by atoms with Gasteiger partial charge in [0.05, 0.1) is 11.6 Å². The topological polar surface area (TPSA) is 110 Å². The minimum Gasteiger partial charge on any atom is -0.481 e. The van der Waals surface area contributed by atoms with Crippen LogP contribution in [0.3, 0.4) is 0 Å². The normalized spacial score (nSPS) is 31.6. The van der Waals surface area contributed by atoms with Crippen LogP contribution in [0, 0.1) is 16.7 Å². The van der Waals surface area contributed by atoms with Gasteiger partial charge in [-0.05, 0) is 31.4 Å². The Balaban J connectivity index is 2.41. The van der Waals surface area contributed by atoms with E-state index in [-0.39, 0.29) is 12.0 Å². The highest BCUT2D eigenvalue weighted by atomic mass is 16.4. The van der Waals surface area contributed by atoms with Crippen molar-refractivity contribution in [2.75, 3.05) is 0 Å². The van der Waals surface area contributed by atoms with Crippen molar-refractivity contribution in [2.24, 2.45) is 5.41 Å². The van der Waals surface area contributed by atoms with Gasteiger partial charge in [0.15, 0.2) is 0 Å². The van der Waals surface area contributed by atoms with Gasteiger partial charge in [-0.25, -0.2) is 4.79 Å². The third-order valence-electron chi connectivity index (χ3n) is 5.19. The predicted molar refractivity (Wildman–Crippen MR) is 80.4 cm³/mol. The number of aliphatic carboxylic acids is 2. The number of fused-ring (bicyclic) bond motifs is 3. The molecule has 3 unspecified atom stereocenters. The van der Waals surface area contributed by atoms with E-state index in [1.807, 2.05) is 0 Å². The fraction of sp³-hybridized carbons (Fsp3) is 0.353. The van der Waals surface area contributed by atoms with Crippen LogP contribution in [-0.2, 0) is 16.0 Å². The lowest BCUT2D eigenvalue weighted by Crippen LogP contribution is -2.64. The fourth-order valence-electron chi connectivity index (χ4n) is 4.11. The molecule has 0 bridgehead atoms. The van der Waals surface area contributed by atoms with Gasteiger partial charge in [0, 0.05) is 11.6 Å². The Labute approximate surface area is 133 Å². The summed E-state index contributed by atoms with van der Waals surface area (Å²) in [5, 5.41) is 32.2. The minimum atomic E-state index is -1.56. The van der Waals surface area contributed by atoms with E-state index in [0.717, 1.165) is 5.56 Å². The molecule has 3 rings (SSSR count). The molecule has 1 aromatic carbocycles. The molecule has 1 aliphatic carbocycles. The Morgan fingerprint density at radius 2 is 2.00 bits per heavy atom. The van der Waals surface area contributed by atoms with Gasteiger partial charge in [-0.2, -0.15) is 5.26 Å². The highest BCUT2D eigenvalue weighted by molar-refractivity contribution is 5.95. The lowest BCUT2D eigenvalue weighted by atomic mass is 9.59. The smallest absolute Gasteiger partial charge is 0.333 e. The van der Waals surface area contributed by atoms with Gasteiger partial charge in [-0.3, -0.25) is 4.79 Å². The van der Waals surface area contributed by atoms with Crippen LogP contribution in [0.25, 0.3) is 0 Å². The number of hydrogen-bond donors (Lipinski definition) is 3. The molecule has 1 heterocycles. The average Bonchev–Trinajstić information content (AvgIpc) is 2.84. The molecule has 0 spiro atoms. The van der Waals surface area contributed by atoms with Crippen molar-refractivity contribution >= 4 is 11.9 Å². The van der Waals surface area contributed by atoms with Gasteiger partial charge in [0.1, 0.15) is 11.0 Å². The Hall–Kier alpha value is -2.81. The van der Waals surface area contributed by atoms with Gasteiger partial charge in [-0.1, -0.05) is 24.3 Å². The fourth-order valence-corrected chi connectivity index (χ4v) is 4.11. The molecule has 0 saturated heterocycles. The number of carboxylic acids is 2. The lowest BCUT2D eigenvalue weighted by Gasteiger charge is -2.48. The molecule has 0 aromatic heterocycles.